The van der Waals surface area contributed by atoms with Crippen molar-refractivity contribution in [3.8, 4) is 0 Å². The molecule has 2 nitrogen and oxygen atoms in total. The minimum atomic E-state index is 0.166. The predicted octanol–water partition coefficient (Wildman–Crippen LogP) is 0.594. The molecule has 1 heterocycles. The minimum Gasteiger partial charge on any atom is -0.393 e. The van der Waals surface area contributed by atoms with E-state index in [2.05, 4.69) is 11.9 Å². The van der Waals surface area contributed by atoms with Gasteiger partial charge >= 0.3 is 0 Å². The van der Waals surface area contributed by atoms with E-state index in [1.165, 1.54) is 0 Å². The van der Waals surface area contributed by atoms with Gasteiger partial charge in [-0.3, -0.25) is 0 Å². The Morgan fingerprint density at radius 3 is 2.82 bits per heavy atom. The maximum absolute atomic E-state index is 5.54. The van der Waals surface area contributed by atoms with E-state index in [1.807, 2.05) is 0 Å². The first-order valence-corrected chi connectivity index (χ1v) is 4.43. The molecule has 1 fully saturated rings. The number of thiocarbonyl (C=S) groups is 2. The Morgan fingerprint density at radius 1 is 1.73 bits per heavy atom. The van der Waals surface area contributed by atoms with Crippen molar-refractivity contribution in [2.24, 2.45) is 11.7 Å². The molecule has 1 rings (SSSR count). The van der Waals surface area contributed by atoms with Crippen LogP contribution in [0.25, 0.3) is 0 Å². The number of piperidine rings is 1. The highest BCUT2D eigenvalue weighted by Crippen LogP contribution is 2.13. The van der Waals surface area contributed by atoms with E-state index in [0.717, 1.165) is 24.4 Å². The minimum absolute atomic E-state index is 0.166. The molecule has 0 amide bonds. The first kappa shape index (κ1) is 9.03. The predicted molar refractivity (Wildman–Crippen MR) is 55.0 cm³/mol. The summed E-state index contributed by atoms with van der Waals surface area (Å²) >= 11 is 10.1. The molecule has 2 N–H and O–H groups in total. The summed E-state index contributed by atoms with van der Waals surface area (Å²) in [6.45, 7) is 1.94. The molecule has 1 saturated heterocycles. The maximum Gasteiger partial charge on any atom is 0.0821 e. The molecule has 0 radical (unpaired) electrons. The number of nitrogens with two attached hydrogens (primary N) is 1. The highest BCUT2D eigenvalue weighted by Gasteiger charge is 2.23. The van der Waals surface area contributed by atoms with Crippen LogP contribution in [0.15, 0.2) is 0 Å². The van der Waals surface area contributed by atoms with Gasteiger partial charge in [-0.05, 0) is 13.5 Å². The lowest BCUT2D eigenvalue weighted by Crippen LogP contribution is -2.43. The second-order valence-electron chi connectivity index (χ2n) is 2.93. The van der Waals surface area contributed by atoms with Gasteiger partial charge in [0.05, 0.1) is 10.9 Å². The number of nitrogens with zero attached hydrogens (tertiary/aromatic N) is 1. The van der Waals surface area contributed by atoms with E-state index in [1.54, 1.807) is 0 Å². The lowest BCUT2D eigenvalue weighted by molar-refractivity contribution is 0.319. The van der Waals surface area contributed by atoms with Crippen LogP contribution in [0, 0.1) is 5.92 Å². The van der Waals surface area contributed by atoms with Gasteiger partial charge in [-0.2, -0.15) is 0 Å². The molecule has 1 unspecified atom stereocenters. The molecule has 0 aromatic carbocycles. The lowest BCUT2D eigenvalue weighted by atomic mass is 9.98. The molecule has 0 aromatic heterocycles. The van der Waals surface area contributed by atoms with Crippen molar-refractivity contribution in [2.75, 3.05) is 20.1 Å². The number of likely N-dealkylation sites (tertiary alicyclic amines) is 1. The summed E-state index contributed by atoms with van der Waals surface area (Å²) in [5.74, 6) is 0.166. The fraction of sp³-hybridized carbons (Fsp3) is 0.714. The summed E-state index contributed by atoms with van der Waals surface area (Å²) in [7, 11) is 2.06. The molecule has 1 atom stereocenters. The van der Waals surface area contributed by atoms with Crippen LogP contribution in [0.5, 0.6) is 0 Å². The third-order valence-corrected chi connectivity index (χ3v) is 2.74. The fourth-order valence-corrected chi connectivity index (χ4v) is 1.81. The third kappa shape index (κ3) is 2.18. The second-order valence-corrected chi connectivity index (χ2v) is 3.93. The van der Waals surface area contributed by atoms with Crippen LogP contribution in [-0.4, -0.2) is 34.9 Å². The molecule has 0 aliphatic carbocycles. The number of hydrogen-bond acceptors (Lipinski definition) is 3. The second kappa shape index (κ2) is 3.56. The number of hydrogen-bond donors (Lipinski definition) is 1. The van der Waals surface area contributed by atoms with Crippen molar-refractivity contribution in [2.45, 2.75) is 6.42 Å². The Labute approximate surface area is 77.7 Å². The third-order valence-electron chi connectivity index (χ3n) is 1.97. The van der Waals surface area contributed by atoms with Gasteiger partial charge in [0.1, 0.15) is 0 Å². The van der Waals surface area contributed by atoms with Crippen LogP contribution in [0.2, 0.25) is 0 Å². The van der Waals surface area contributed by atoms with Gasteiger partial charge in [0.15, 0.2) is 0 Å². The molecule has 1 aliphatic heterocycles. The fourth-order valence-electron chi connectivity index (χ4n) is 1.23. The standard InChI is InChI=1S/C7H12N2S2/c1-9-3-2-6(10)5(4-9)7(8)11/h5H,2-4H2,1H3,(H2,8,11). The molecular weight excluding hydrogens is 176 g/mol. The number of rotatable bonds is 1. The SMILES string of the molecule is CN1CCC(=S)C(C(N)=S)C1. The largest absolute Gasteiger partial charge is 0.393 e. The summed E-state index contributed by atoms with van der Waals surface area (Å²) < 4.78 is 0. The summed E-state index contributed by atoms with van der Waals surface area (Å²) in [5, 5.41) is 0. The highest BCUT2D eigenvalue weighted by molar-refractivity contribution is 7.82. The van der Waals surface area contributed by atoms with Crippen molar-refractivity contribution in [1.82, 2.24) is 4.90 Å². The van der Waals surface area contributed by atoms with Gasteiger partial charge in [0, 0.05) is 18.0 Å². The van der Waals surface area contributed by atoms with Crippen molar-refractivity contribution in [3.63, 3.8) is 0 Å². The average Bonchev–Trinajstić information content (AvgIpc) is 1.94. The topological polar surface area (TPSA) is 29.3 Å². The smallest absolute Gasteiger partial charge is 0.0821 e. The summed E-state index contributed by atoms with van der Waals surface area (Å²) in [5.41, 5.74) is 5.54. The zero-order valence-electron chi connectivity index (χ0n) is 6.54. The Hall–Kier alpha value is -0.0600. The Kier molecular flexibility index (Phi) is 2.92. The molecule has 0 spiro atoms. The monoisotopic (exact) mass is 188 g/mol. The van der Waals surface area contributed by atoms with E-state index in [4.69, 9.17) is 30.2 Å². The summed E-state index contributed by atoms with van der Waals surface area (Å²) in [4.78, 5) is 3.77. The van der Waals surface area contributed by atoms with Crippen LogP contribution >= 0.6 is 24.4 Å². The van der Waals surface area contributed by atoms with E-state index in [9.17, 15) is 0 Å². The average molecular weight is 188 g/mol. The zero-order chi connectivity index (χ0) is 8.43. The Morgan fingerprint density at radius 2 is 2.36 bits per heavy atom. The van der Waals surface area contributed by atoms with Gasteiger partial charge in [-0.15, -0.1) is 0 Å². The first-order chi connectivity index (χ1) is 5.11. The Balaban J connectivity index is 2.61. The molecule has 4 heteroatoms. The molecule has 11 heavy (non-hydrogen) atoms. The van der Waals surface area contributed by atoms with E-state index in [0.29, 0.717) is 4.99 Å². The van der Waals surface area contributed by atoms with Crippen molar-refractivity contribution in [1.29, 1.82) is 0 Å². The van der Waals surface area contributed by atoms with Crippen LogP contribution in [0.1, 0.15) is 6.42 Å². The molecule has 62 valence electrons. The summed E-state index contributed by atoms with van der Waals surface area (Å²) in [6.07, 6.45) is 0.952. The zero-order valence-corrected chi connectivity index (χ0v) is 8.17. The van der Waals surface area contributed by atoms with Gasteiger partial charge < -0.3 is 10.6 Å². The van der Waals surface area contributed by atoms with Gasteiger partial charge in [0.25, 0.3) is 0 Å². The summed E-state index contributed by atoms with van der Waals surface area (Å²) in [6, 6.07) is 0. The van der Waals surface area contributed by atoms with Crippen LogP contribution in [0.4, 0.5) is 0 Å². The molecular formula is C7H12N2S2. The quantitative estimate of drug-likeness (QED) is 0.610. The maximum atomic E-state index is 5.54. The van der Waals surface area contributed by atoms with Gasteiger partial charge in [-0.25, -0.2) is 0 Å². The first-order valence-electron chi connectivity index (χ1n) is 3.62. The van der Waals surface area contributed by atoms with Crippen molar-refractivity contribution < 1.29 is 0 Å². The molecule has 0 aromatic rings. The molecule has 1 aliphatic rings. The van der Waals surface area contributed by atoms with Gasteiger partial charge in [-0.1, -0.05) is 24.4 Å². The highest BCUT2D eigenvalue weighted by atomic mass is 32.1. The van der Waals surface area contributed by atoms with Crippen LogP contribution in [0.3, 0.4) is 0 Å². The normalized spacial score (nSPS) is 27.0. The van der Waals surface area contributed by atoms with Crippen LogP contribution < -0.4 is 5.73 Å². The Bertz CT molecular complexity index is 191. The lowest BCUT2D eigenvalue weighted by Gasteiger charge is -2.29. The van der Waals surface area contributed by atoms with E-state index in [-0.39, 0.29) is 5.92 Å². The van der Waals surface area contributed by atoms with Crippen molar-refractivity contribution >= 4 is 34.3 Å². The van der Waals surface area contributed by atoms with E-state index >= 15 is 0 Å². The van der Waals surface area contributed by atoms with Crippen LogP contribution in [-0.2, 0) is 0 Å². The van der Waals surface area contributed by atoms with Crippen molar-refractivity contribution in [3.05, 3.63) is 0 Å². The van der Waals surface area contributed by atoms with Gasteiger partial charge in [0.2, 0.25) is 0 Å². The molecule has 0 bridgehead atoms. The molecule has 0 saturated carbocycles. The van der Waals surface area contributed by atoms with E-state index < -0.39 is 0 Å².